The van der Waals surface area contributed by atoms with Gasteiger partial charge in [0, 0.05) is 10.9 Å². The third-order valence-electron chi connectivity index (χ3n) is 3.37. The second-order valence-electron chi connectivity index (χ2n) is 7.18. The highest BCUT2D eigenvalue weighted by atomic mass is 32.2. The summed E-state index contributed by atoms with van der Waals surface area (Å²) >= 11 is 1.79. The van der Waals surface area contributed by atoms with Crippen molar-refractivity contribution in [1.82, 2.24) is 9.61 Å². The van der Waals surface area contributed by atoms with Gasteiger partial charge >= 0.3 is 0 Å². The molecule has 0 N–H and O–H groups in total. The Kier molecular flexibility index (Phi) is 4.33. The van der Waals surface area contributed by atoms with Crippen LogP contribution >= 0.6 is 11.8 Å². The van der Waals surface area contributed by atoms with E-state index >= 15 is 0 Å². The maximum absolute atomic E-state index is 6.05. The smallest absolute Gasteiger partial charge is 0.163 e. The average Bonchev–Trinajstić information content (AvgIpc) is 3.00. The minimum Gasteiger partial charge on any atom is -0.488 e. The first-order valence-corrected chi connectivity index (χ1v) is 8.64. The third kappa shape index (κ3) is 4.19. The van der Waals surface area contributed by atoms with Gasteiger partial charge < -0.3 is 14.2 Å². The molecule has 5 nitrogen and oxygen atoms in total. The molecule has 1 unspecified atom stereocenters. The van der Waals surface area contributed by atoms with Crippen molar-refractivity contribution < 1.29 is 14.2 Å². The van der Waals surface area contributed by atoms with Crippen LogP contribution in [0.25, 0.3) is 5.52 Å². The van der Waals surface area contributed by atoms with Gasteiger partial charge in [0.2, 0.25) is 0 Å². The summed E-state index contributed by atoms with van der Waals surface area (Å²) < 4.78 is 19.4. The Hall–Kier alpha value is -1.24. The van der Waals surface area contributed by atoms with Gasteiger partial charge in [-0.1, -0.05) is 20.8 Å². The fourth-order valence-electron chi connectivity index (χ4n) is 2.47. The summed E-state index contributed by atoms with van der Waals surface area (Å²) in [7, 11) is 0. The second-order valence-corrected chi connectivity index (χ2v) is 9.05. The van der Waals surface area contributed by atoms with Gasteiger partial charge in [-0.25, -0.2) is 4.52 Å². The zero-order valence-corrected chi connectivity index (χ0v) is 15.1. The van der Waals surface area contributed by atoms with Crippen molar-refractivity contribution in [3.05, 3.63) is 24.5 Å². The minimum absolute atomic E-state index is 0.0502. The largest absolute Gasteiger partial charge is 0.488 e. The van der Waals surface area contributed by atoms with Gasteiger partial charge in [-0.3, -0.25) is 0 Å². The lowest BCUT2D eigenvalue weighted by molar-refractivity contribution is -0.141. The van der Waals surface area contributed by atoms with Gasteiger partial charge in [-0.15, -0.1) is 11.8 Å². The standard InChI is InChI=1S/C17H24N2O3S/c1-16(2,3)23-15-8-12-6-7-18-19(12)9-14(15)20-10-13-11-21-17(4,5)22-13/h6-9,13H,10-11H2,1-5H3. The first kappa shape index (κ1) is 16.6. The maximum Gasteiger partial charge on any atom is 0.163 e. The lowest BCUT2D eigenvalue weighted by Gasteiger charge is -2.21. The van der Waals surface area contributed by atoms with E-state index in [4.69, 9.17) is 14.2 Å². The Morgan fingerprint density at radius 3 is 2.87 bits per heavy atom. The molecule has 23 heavy (non-hydrogen) atoms. The Bertz CT molecular complexity index is 691. The van der Waals surface area contributed by atoms with Crippen LogP contribution in [0.2, 0.25) is 0 Å². The summed E-state index contributed by atoms with van der Waals surface area (Å²) in [6.07, 6.45) is 3.68. The summed E-state index contributed by atoms with van der Waals surface area (Å²) in [5, 5.41) is 4.29. The highest BCUT2D eigenvalue weighted by molar-refractivity contribution is 8.00. The molecular formula is C17H24N2O3S. The van der Waals surface area contributed by atoms with Crippen molar-refractivity contribution in [3.63, 3.8) is 0 Å². The molecule has 0 radical (unpaired) electrons. The molecule has 1 saturated heterocycles. The number of thioether (sulfide) groups is 1. The van der Waals surface area contributed by atoms with E-state index in [0.717, 1.165) is 16.2 Å². The van der Waals surface area contributed by atoms with Crippen LogP contribution in [0.15, 0.2) is 29.4 Å². The molecular weight excluding hydrogens is 312 g/mol. The van der Waals surface area contributed by atoms with Crippen molar-refractivity contribution in [2.24, 2.45) is 0 Å². The van der Waals surface area contributed by atoms with Crippen LogP contribution < -0.4 is 4.74 Å². The molecule has 0 spiro atoms. The maximum atomic E-state index is 6.05. The number of hydrogen-bond acceptors (Lipinski definition) is 5. The molecule has 3 heterocycles. The Morgan fingerprint density at radius 2 is 2.22 bits per heavy atom. The molecule has 6 heteroatoms. The molecule has 0 aliphatic carbocycles. The first-order valence-electron chi connectivity index (χ1n) is 7.83. The van der Waals surface area contributed by atoms with E-state index in [1.165, 1.54) is 0 Å². The van der Waals surface area contributed by atoms with Crippen LogP contribution in [-0.4, -0.2) is 39.5 Å². The zero-order chi connectivity index (χ0) is 16.7. The van der Waals surface area contributed by atoms with Gasteiger partial charge in [0.15, 0.2) is 11.5 Å². The summed E-state index contributed by atoms with van der Waals surface area (Å²) in [4.78, 5) is 1.11. The molecule has 1 aliphatic rings. The van der Waals surface area contributed by atoms with Crippen LogP contribution in [0.5, 0.6) is 5.75 Å². The van der Waals surface area contributed by atoms with Gasteiger partial charge in [0.1, 0.15) is 12.7 Å². The highest BCUT2D eigenvalue weighted by Gasteiger charge is 2.33. The van der Waals surface area contributed by atoms with Gasteiger partial charge in [-0.05, 0) is 26.0 Å². The molecule has 3 rings (SSSR count). The van der Waals surface area contributed by atoms with E-state index < -0.39 is 5.79 Å². The summed E-state index contributed by atoms with van der Waals surface area (Å²) in [6, 6.07) is 4.11. The zero-order valence-electron chi connectivity index (χ0n) is 14.3. The molecule has 2 aromatic heterocycles. The van der Waals surface area contributed by atoms with Gasteiger partial charge in [-0.2, -0.15) is 5.10 Å². The molecule has 126 valence electrons. The monoisotopic (exact) mass is 336 g/mol. The molecule has 1 atom stereocenters. The highest BCUT2D eigenvalue weighted by Crippen LogP contribution is 2.38. The summed E-state index contributed by atoms with van der Waals surface area (Å²) in [6.45, 7) is 11.4. The average molecular weight is 336 g/mol. The molecule has 0 amide bonds. The van der Waals surface area contributed by atoms with Crippen molar-refractivity contribution in [1.29, 1.82) is 0 Å². The summed E-state index contributed by atoms with van der Waals surface area (Å²) in [5.74, 6) is 0.303. The lowest BCUT2D eigenvalue weighted by Crippen LogP contribution is -2.25. The van der Waals surface area contributed by atoms with E-state index in [-0.39, 0.29) is 10.9 Å². The van der Waals surface area contributed by atoms with Crippen molar-refractivity contribution in [2.45, 2.75) is 56.2 Å². The van der Waals surface area contributed by atoms with Gasteiger partial charge in [0.25, 0.3) is 0 Å². The van der Waals surface area contributed by atoms with Crippen LogP contribution in [-0.2, 0) is 9.47 Å². The fraction of sp³-hybridized carbons (Fsp3) is 0.588. The van der Waals surface area contributed by atoms with E-state index in [9.17, 15) is 0 Å². The predicted molar refractivity (Wildman–Crippen MR) is 91.2 cm³/mol. The number of nitrogens with zero attached hydrogens (tertiary/aromatic N) is 2. The second kappa shape index (κ2) is 6.00. The number of ether oxygens (including phenoxy) is 3. The van der Waals surface area contributed by atoms with Crippen molar-refractivity contribution >= 4 is 17.3 Å². The number of rotatable bonds is 4. The fourth-order valence-corrected chi connectivity index (χ4v) is 3.52. The van der Waals surface area contributed by atoms with E-state index in [2.05, 4.69) is 31.9 Å². The number of pyridine rings is 1. The number of hydrogen-bond donors (Lipinski definition) is 0. The molecule has 1 aliphatic heterocycles. The lowest BCUT2D eigenvalue weighted by atomic mass is 10.3. The number of aromatic nitrogens is 2. The number of fused-ring (bicyclic) bond motifs is 1. The van der Waals surface area contributed by atoms with Crippen LogP contribution in [0.1, 0.15) is 34.6 Å². The van der Waals surface area contributed by atoms with Crippen molar-refractivity contribution in [2.75, 3.05) is 13.2 Å². The first-order chi connectivity index (χ1) is 10.7. The predicted octanol–water partition coefficient (Wildman–Crippen LogP) is 3.76. The van der Waals surface area contributed by atoms with E-state index in [1.807, 2.05) is 30.6 Å². The van der Waals surface area contributed by atoms with Crippen LogP contribution in [0.3, 0.4) is 0 Å². The van der Waals surface area contributed by atoms with Crippen LogP contribution in [0.4, 0.5) is 0 Å². The Labute approximate surface area is 141 Å². The third-order valence-corrected chi connectivity index (χ3v) is 4.52. The molecule has 2 aromatic rings. The van der Waals surface area contributed by atoms with E-state index in [0.29, 0.717) is 13.2 Å². The quantitative estimate of drug-likeness (QED) is 0.796. The molecule has 0 saturated carbocycles. The Morgan fingerprint density at radius 1 is 1.43 bits per heavy atom. The summed E-state index contributed by atoms with van der Waals surface area (Å²) in [5.41, 5.74) is 1.06. The Balaban J connectivity index is 1.79. The normalized spacial score (nSPS) is 21.0. The SMILES string of the molecule is CC1(C)OCC(COc2cn3nccc3cc2SC(C)(C)C)O1. The molecule has 1 fully saturated rings. The minimum atomic E-state index is -0.525. The molecule has 0 aromatic carbocycles. The van der Waals surface area contributed by atoms with E-state index in [1.54, 1.807) is 18.0 Å². The topological polar surface area (TPSA) is 45.0 Å². The van der Waals surface area contributed by atoms with Crippen LogP contribution in [0, 0.1) is 0 Å². The van der Waals surface area contributed by atoms with Crippen molar-refractivity contribution in [3.8, 4) is 5.75 Å². The molecule has 0 bridgehead atoms. The van der Waals surface area contributed by atoms with Gasteiger partial charge in [0.05, 0.1) is 23.2 Å².